The van der Waals surface area contributed by atoms with E-state index in [1.165, 1.54) is 32.4 Å². The second-order valence-electron chi connectivity index (χ2n) is 5.89. The molecule has 0 aliphatic rings. The topological polar surface area (TPSA) is 111 Å². The highest BCUT2D eigenvalue weighted by atomic mass is 35.5. The van der Waals surface area contributed by atoms with Crippen molar-refractivity contribution in [1.29, 1.82) is 0 Å². The van der Waals surface area contributed by atoms with Crippen molar-refractivity contribution in [1.82, 2.24) is 10.0 Å². The van der Waals surface area contributed by atoms with Crippen LogP contribution in [0.5, 0.6) is 5.75 Å². The number of hydrogen-bond donors (Lipinski definition) is 2. The zero-order valence-corrected chi connectivity index (χ0v) is 16.6. The fraction of sp³-hybridized carbons (Fsp3) is 0.500. The third-order valence-corrected chi connectivity index (χ3v) is 5.02. The molecule has 0 saturated carbocycles. The molecule has 0 heterocycles. The standard InChI is InChI=1S/C16H23ClN2O6S/c1-10(2)7-12(16(21)25-4)19-15(20)9-18-26(22,23)14-8-11(17)5-6-13(14)24-3/h5-6,8,10,12,18H,7,9H2,1-4H3,(H,19,20). The fourth-order valence-corrected chi connectivity index (χ4v) is 3.58. The summed E-state index contributed by atoms with van der Waals surface area (Å²) in [5.41, 5.74) is 0. The Morgan fingerprint density at radius 1 is 1.23 bits per heavy atom. The van der Waals surface area contributed by atoms with E-state index in [0.717, 1.165) is 0 Å². The summed E-state index contributed by atoms with van der Waals surface area (Å²) in [6.45, 7) is 3.22. The number of nitrogens with one attached hydrogen (secondary N) is 2. The second kappa shape index (κ2) is 9.75. The van der Waals surface area contributed by atoms with Crippen LogP contribution in [0.2, 0.25) is 5.02 Å². The molecule has 0 spiro atoms. The highest BCUT2D eigenvalue weighted by Gasteiger charge is 2.25. The molecule has 0 aliphatic heterocycles. The Bertz CT molecular complexity index is 751. The molecule has 1 amide bonds. The molecule has 0 bridgehead atoms. The summed E-state index contributed by atoms with van der Waals surface area (Å²) in [5.74, 6) is -1.03. The molecule has 1 unspecified atom stereocenters. The molecular formula is C16H23ClN2O6S. The van der Waals surface area contributed by atoms with E-state index in [4.69, 9.17) is 16.3 Å². The Balaban J connectivity index is 2.82. The number of hydrogen-bond acceptors (Lipinski definition) is 6. The van der Waals surface area contributed by atoms with Gasteiger partial charge in [0.25, 0.3) is 0 Å². The summed E-state index contributed by atoms with van der Waals surface area (Å²) in [6.07, 6.45) is 0.368. The third-order valence-electron chi connectivity index (χ3n) is 3.37. The van der Waals surface area contributed by atoms with Crippen LogP contribution in [-0.2, 0) is 24.3 Å². The summed E-state index contributed by atoms with van der Waals surface area (Å²) in [4.78, 5) is 23.6. The Hall–Kier alpha value is -1.84. The number of sulfonamides is 1. The van der Waals surface area contributed by atoms with Gasteiger partial charge in [0.2, 0.25) is 15.9 Å². The Labute approximate surface area is 158 Å². The van der Waals surface area contributed by atoms with Crippen LogP contribution in [0.4, 0.5) is 0 Å². The van der Waals surface area contributed by atoms with Crippen molar-refractivity contribution >= 4 is 33.5 Å². The van der Waals surface area contributed by atoms with Crippen molar-refractivity contribution < 1.29 is 27.5 Å². The van der Waals surface area contributed by atoms with Crippen LogP contribution in [0.25, 0.3) is 0 Å². The average Bonchev–Trinajstić information content (AvgIpc) is 2.58. The second-order valence-corrected chi connectivity index (χ2v) is 8.06. The van der Waals surface area contributed by atoms with Crippen molar-refractivity contribution in [2.75, 3.05) is 20.8 Å². The SMILES string of the molecule is COC(=O)C(CC(C)C)NC(=O)CNS(=O)(=O)c1cc(Cl)ccc1OC. The van der Waals surface area contributed by atoms with Crippen LogP contribution in [0.15, 0.2) is 23.1 Å². The molecule has 1 rings (SSSR count). The van der Waals surface area contributed by atoms with Crippen LogP contribution in [0.3, 0.4) is 0 Å². The largest absolute Gasteiger partial charge is 0.495 e. The van der Waals surface area contributed by atoms with Crippen LogP contribution in [-0.4, -0.2) is 47.1 Å². The molecule has 0 aliphatic carbocycles. The maximum atomic E-state index is 12.4. The van der Waals surface area contributed by atoms with E-state index in [0.29, 0.717) is 6.42 Å². The fourth-order valence-electron chi connectivity index (χ4n) is 2.17. The quantitative estimate of drug-likeness (QED) is 0.598. The van der Waals surface area contributed by atoms with Gasteiger partial charge in [-0.05, 0) is 30.5 Å². The van der Waals surface area contributed by atoms with Gasteiger partial charge in [0.1, 0.15) is 16.7 Å². The van der Waals surface area contributed by atoms with E-state index in [1.807, 2.05) is 13.8 Å². The smallest absolute Gasteiger partial charge is 0.328 e. The first kappa shape index (κ1) is 22.2. The van der Waals surface area contributed by atoms with Crippen molar-refractivity contribution in [2.24, 2.45) is 5.92 Å². The van der Waals surface area contributed by atoms with E-state index in [-0.39, 0.29) is 21.6 Å². The normalized spacial score (nSPS) is 12.5. The number of carbonyl (C=O) groups excluding carboxylic acids is 2. The summed E-state index contributed by atoms with van der Waals surface area (Å²) < 4.78 is 36.6. The lowest BCUT2D eigenvalue weighted by Crippen LogP contribution is -2.46. The molecule has 0 fully saturated rings. The minimum absolute atomic E-state index is 0.0922. The summed E-state index contributed by atoms with van der Waals surface area (Å²) in [7, 11) is -1.50. The molecule has 1 aromatic carbocycles. The van der Waals surface area contributed by atoms with Gasteiger partial charge in [0, 0.05) is 5.02 Å². The lowest BCUT2D eigenvalue weighted by molar-refractivity contribution is -0.145. The average molecular weight is 407 g/mol. The molecule has 8 nitrogen and oxygen atoms in total. The highest BCUT2D eigenvalue weighted by Crippen LogP contribution is 2.26. The molecule has 1 aromatic rings. The van der Waals surface area contributed by atoms with E-state index < -0.39 is 34.5 Å². The van der Waals surface area contributed by atoms with Gasteiger partial charge in [0.05, 0.1) is 20.8 Å². The molecule has 2 N–H and O–H groups in total. The van der Waals surface area contributed by atoms with E-state index >= 15 is 0 Å². The van der Waals surface area contributed by atoms with Gasteiger partial charge in [-0.15, -0.1) is 0 Å². The molecule has 146 valence electrons. The zero-order valence-electron chi connectivity index (χ0n) is 15.0. The first-order valence-corrected chi connectivity index (χ1v) is 9.67. The molecular weight excluding hydrogens is 384 g/mol. The molecule has 26 heavy (non-hydrogen) atoms. The third kappa shape index (κ3) is 6.47. The first-order chi connectivity index (χ1) is 12.1. The number of rotatable bonds is 9. The molecule has 10 heteroatoms. The van der Waals surface area contributed by atoms with Crippen LogP contribution in [0, 0.1) is 5.92 Å². The zero-order chi connectivity index (χ0) is 19.9. The predicted octanol–water partition coefficient (Wildman–Crippen LogP) is 1.33. The summed E-state index contributed by atoms with van der Waals surface area (Å²) >= 11 is 5.83. The highest BCUT2D eigenvalue weighted by molar-refractivity contribution is 7.89. The predicted molar refractivity (Wildman–Crippen MR) is 96.6 cm³/mol. The van der Waals surface area contributed by atoms with Crippen molar-refractivity contribution in [2.45, 2.75) is 31.2 Å². The Morgan fingerprint density at radius 3 is 2.42 bits per heavy atom. The van der Waals surface area contributed by atoms with Gasteiger partial charge >= 0.3 is 5.97 Å². The minimum Gasteiger partial charge on any atom is -0.495 e. The van der Waals surface area contributed by atoms with E-state index in [9.17, 15) is 18.0 Å². The van der Waals surface area contributed by atoms with Crippen molar-refractivity contribution in [3.8, 4) is 5.75 Å². The number of ether oxygens (including phenoxy) is 2. The first-order valence-electron chi connectivity index (χ1n) is 7.81. The van der Waals surface area contributed by atoms with Gasteiger partial charge in [-0.2, -0.15) is 0 Å². The number of halogens is 1. The molecule has 0 radical (unpaired) electrons. The number of carbonyl (C=O) groups is 2. The van der Waals surface area contributed by atoms with E-state index in [1.54, 1.807) is 0 Å². The Morgan fingerprint density at radius 2 is 1.88 bits per heavy atom. The molecule has 0 saturated heterocycles. The van der Waals surface area contributed by atoms with Crippen LogP contribution < -0.4 is 14.8 Å². The number of methoxy groups -OCH3 is 2. The molecule has 1 atom stereocenters. The lowest BCUT2D eigenvalue weighted by atomic mass is 10.0. The summed E-state index contributed by atoms with van der Waals surface area (Å²) in [6, 6.07) is 3.26. The van der Waals surface area contributed by atoms with Gasteiger partial charge < -0.3 is 14.8 Å². The van der Waals surface area contributed by atoms with Crippen LogP contribution in [0.1, 0.15) is 20.3 Å². The van der Waals surface area contributed by atoms with Gasteiger partial charge in [-0.25, -0.2) is 17.9 Å². The van der Waals surface area contributed by atoms with Gasteiger partial charge in [0.15, 0.2) is 0 Å². The Kier molecular flexibility index (Phi) is 8.32. The monoisotopic (exact) mass is 406 g/mol. The van der Waals surface area contributed by atoms with Crippen molar-refractivity contribution in [3.05, 3.63) is 23.2 Å². The van der Waals surface area contributed by atoms with E-state index in [2.05, 4.69) is 14.8 Å². The number of esters is 1. The molecule has 0 aromatic heterocycles. The lowest BCUT2D eigenvalue weighted by Gasteiger charge is -2.18. The minimum atomic E-state index is -4.04. The maximum Gasteiger partial charge on any atom is 0.328 e. The van der Waals surface area contributed by atoms with Crippen LogP contribution >= 0.6 is 11.6 Å². The maximum absolute atomic E-state index is 12.4. The number of amides is 1. The van der Waals surface area contributed by atoms with Gasteiger partial charge in [-0.1, -0.05) is 25.4 Å². The van der Waals surface area contributed by atoms with Gasteiger partial charge in [-0.3, -0.25) is 4.79 Å². The summed E-state index contributed by atoms with van der Waals surface area (Å²) in [5, 5.41) is 2.67. The van der Waals surface area contributed by atoms with Crippen molar-refractivity contribution in [3.63, 3.8) is 0 Å². The number of benzene rings is 1.